The molecule has 1 unspecified atom stereocenters. The minimum Gasteiger partial charge on any atom is -0.462 e. The van der Waals surface area contributed by atoms with Crippen molar-refractivity contribution in [2.45, 2.75) is 341 Å². The van der Waals surface area contributed by atoms with Crippen molar-refractivity contribution in [3.63, 3.8) is 0 Å². The molecule has 0 aliphatic heterocycles. The number of allylic oxidation sites excluding steroid dienone is 14. The van der Waals surface area contributed by atoms with Crippen LogP contribution in [-0.2, 0) is 28.6 Å². The first kappa shape index (κ1) is 74.6. The molecule has 0 aromatic carbocycles. The van der Waals surface area contributed by atoms with Crippen LogP contribution in [0.4, 0.5) is 0 Å². The molecule has 0 heterocycles. The van der Waals surface area contributed by atoms with E-state index in [1.54, 1.807) is 0 Å². The van der Waals surface area contributed by atoms with Gasteiger partial charge in [-0.25, -0.2) is 0 Å². The van der Waals surface area contributed by atoms with E-state index in [1.165, 1.54) is 193 Å². The lowest BCUT2D eigenvalue weighted by molar-refractivity contribution is -0.167. The molecule has 6 heteroatoms. The zero-order valence-electron chi connectivity index (χ0n) is 51.7. The van der Waals surface area contributed by atoms with Crippen LogP contribution in [0.5, 0.6) is 0 Å². The van der Waals surface area contributed by atoms with Crippen LogP contribution in [0.1, 0.15) is 335 Å². The minimum absolute atomic E-state index is 0.0736. The number of carbonyl (C=O) groups excluding carboxylic acids is 3. The summed E-state index contributed by atoms with van der Waals surface area (Å²) in [6, 6.07) is 0. The third-order valence-electron chi connectivity index (χ3n) is 14.6. The fourth-order valence-electron chi connectivity index (χ4n) is 9.62. The van der Waals surface area contributed by atoms with Gasteiger partial charge in [-0.1, -0.05) is 305 Å². The minimum atomic E-state index is -0.775. The number of hydrogen-bond donors (Lipinski definition) is 0. The first-order valence-corrected chi connectivity index (χ1v) is 33.6. The van der Waals surface area contributed by atoms with Gasteiger partial charge >= 0.3 is 17.9 Å². The molecule has 6 nitrogen and oxygen atoms in total. The molecule has 450 valence electrons. The molecule has 1 atom stereocenters. The summed E-state index contributed by atoms with van der Waals surface area (Å²) in [5.41, 5.74) is 0. The summed E-state index contributed by atoms with van der Waals surface area (Å²) in [5.74, 6) is -0.867. The van der Waals surface area contributed by atoms with Crippen molar-refractivity contribution in [1.82, 2.24) is 0 Å². The van der Waals surface area contributed by atoms with E-state index >= 15 is 0 Å². The topological polar surface area (TPSA) is 78.9 Å². The van der Waals surface area contributed by atoms with E-state index in [-0.39, 0.29) is 31.1 Å². The van der Waals surface area contributed by atoms with Crippen LogP contribution in [-0.4, -0.2) is 37.2 Å². The number of ether oxygens (including phenoxy) is 3. The van der Waals surface area contributed by atoms with Gasteiger partial charge in [0.15, 0.2) is 6.10 Å². The molecular weight excluding hydrogens is 961 g/mol. The van der Waals surface area contributed by atoms with E-state index in [0.717, 1.165) is 103 Å². The molecule has 0 aliphatic carbocycles. The van der Waals surface area contributed by atoms with Crippen LogP contribution in [0.2, 0.25) is 0 Å². The highest BCUT2D eigenvalue weighted by atomic mass is 16.6. The molecule has 0 N–H and O–H groups in total. The van der Waals surface area contributed by atoms with E-state index in [4.69, 9.17) is 14.2 Å². The summed E-state index contributed by atoms with van der Waals surface area (Å²) in [5, 5.41) is 0. The lowest BCUT2D eigenvalue weighted by Crippen LogP contribution is -2.30. The molecule has 0 aromatic rings. The van der Waals surface area contributed by atoms with Gasteiger partial charge in [0, 0.05) is 19.3 Å². The number of rotatable bonds is 61. The maximum atomic E-state index is 12.9. The molecule has 0 radical (unpaired) electrons. The Labute approximate surface area is 484 Å². The average Bonchev–Trinajstić information content (AvgIpc) is 3.44. The highest BCUT2D eigenvalue weighted by Crippen LogP contribution is 2.17. The Balaban J connectivity index is 4.08. The summed E-state index contributed by atoms with van der Waals surface area (Å²) < 4.78 is 16.9. The molecule has 78 heavy (non-hydrogen) atoms. The molecule has 0 fully saturated rings. The lowest BCUT2D eigenvalue weighted by Gasteiger charge is -2.18. The Morgan fingerprint density at radius 2 is 0.500 bits per heavy atom. The van der Waals surface area contributed by atoms with Crippen molar-refractivity contribution in [3.05, 3.63) is 85.1 Å². The predicted molar refractivity (Wildman–Crippen MR) is 339 cm³/mol. The Hall–Kier alpha value is -3.41. The summed E-state index contributed by atoms with van der Waals surface area (Å²) in [6.07, 6.45) is 87.6. The van der Waals surface area contributed by atoms with Gasteiger partial charge in [0.25, 0.3) is 0 Å². The van der Waals surface area contributed by atoms with Crippen molar-refractivity contribution >= 4 is 17.9 Å². The standard InChI is InChI=1S/C72H126O6/c1-4-7-10-13-16-19-22-25-26-27-28-29-30-31-32-33-34-35-36-37-38-39-40-41-42-43-44-45-46-48-50-53-56-59-62-65-71(74)77-68-69(67-76-70(73)64-61-58-55-52-49-24-21-18-15-12-9-6-3)78-72(75)66-63-60-57-54-51-47-23-20-17-14-11-8-5-2/h7,10,16,18-19,21,25-26,28-29,31-32,34-35,69H,4-6,8-9,11-15,17,20,22-24,27,30,33,36-68H2,1-3H3/b10-7-,19-16-,21-18-,26-25-,29-28-,32-31-,35-34-. The van der Waals surface area contributed by atoms with Crippen LogP contribution < -0.4 is 0 Å². The Morgan fingerprint density at radius 3 is 0.821 bits per heavy atom. The van der Waals surface area contributed by atoms with Crippen molar-refractivity contribution < 1.29 is 28.6 Å². The summed E-state index contributed by atoms with van der Waals surface area (Å²) in [7, 11) is 0. The van der Waals surface area contributed by atoms with Gasteiger partial charge in [-0.15, -0.1) is 0 Å². The van der Waals surface area contributed by atoms with Gasteiger partial charge in [0.1, 0.15) is 13.2 Å². The normalized spacial score (nSPS) is 12.6. The third kappa shape index (κ3) is 63.4. The number of hydrogen-bond acceptors (Lipinski definition) is 6. The van der Waals surface area contributed by atoms with Gasteiger partial charge in [-0.05, 0) is 96.3 Å². The quantitative estimate of drug-likeness (QED) is 0.0261. The average molecular weight is 1090 g/mol. The van der Waals surface area contributed by atoms with Crippen molar-refractivity contribution in [2.24, 2.45) is 0 Å². The monoisotopic (exact) mass is 1090 g/mol. The molecule has 0 aromatic heterocycles. The third-order valence-corrected chi connectivity index (χ3v) is 14.6. The lowest BCUT2D eigenvalue weighted by atomic mass is 10.0. The predicted octanol–water partition coefficient (Wildman–Crippen LogP) is 23.1. The van der Waals surface area contributed by atoms with Crippen LogP contribution in [0, 0.1) is 0 Å². The number of esters is 3. The van der Waals surface area contributed by atoms with Crippen LogP contribution in [0.15, 0.2) is 85.1 Å². The van der Waals surface area contributed by atoms with Crippen molar-refractivity contribution in [2.75, 3.05) is 13.2 Å². The SMILES string of the molecule is CC/C=C\C/C=C\C/C=C\C/C=C\C/C=C\C/C=C\CCCCCCCCCCCCCCCCCCC(=O)OCC(COC(=O)CCCCCCC/C=C\CCCCC)OC(=O)CCCCCCCCCCCCCCC. The maximum absolute atomic E-state index is 12.9. The Morgan fingerprint density at radius 1 is 0.269 bits per heavy atom. The van der Waals surface area contributed by atoms with E-state index in [2.05, 4.69) is 106 Å². The van der Waals surface area contributed by atoms with E-state index in [9.17, 15) is 14.4 Å². The molecule has 0 amide bonds. The highest BCUT2D eigenvalue weighted by molar-refractivity contribution is 5.71. The second kappa shape index (κ2) is 66.1. The van der Waals surface area contributed by atoms with Gasteiger partial charge in [-0.3, -0.25) is 14.4 Å². The highest BCUT2D eigenvalue weighted by Gasteiger charge is 2.19. The first-order chi connectivity index (χ1) is 38.5. The molecular formula is C72H126O6. The zero-order chi connectivity index (χ0) is 56.4. The van der Waals surface area contributed by atoms with Gasteiger partial charge in [0.05, 0.1) is 0 Å². The molecule has 0 bridgehead atoms. The second-order valence-corrected chi connectivity index (χ2v) is 22.4. The van der Waals surface area contributed by atoms with E-state index < -0.39 is 6.10 Å². The molecule has 0 saturated heterocycles. The Kier molecular flexibility index (Phi) is 63.2. The first-order valence-electron chi connectivity index (χ1n) is 33.6. The summed E-state index contributed by atoms with van der Waals surface area (Å²) >= 11 is 0. The summed E-state index contributed by atoms with van der Waals surface area (Å²) in [4.78, 5) is 38.2. The van der Waals surface area contributed by atoms with Crippen molar-refractivity contribution in [3.8, 4) is 0 Å². The van der Waals surface area contributed by atoms with Crippen LogP contribution >= 0.6 is 0 Å². The molecule has 0 spiro atoms. The molecule has 0 aliphatic rings. The van der Waals surface area contributed by atoms with E-state index in [1.807, 2.05) is 0 Å². The largest absolute Gasteiger partial charge is 0.462 e. The number of unbranched alkanes of at least 4 members (excludes halogenated alkanes) is 36. The smallest absolute Gasteiger partial charge is 0.306 e. The maximum Gasteiger partial charge on any atom is 0.306 e. The Bertz CT molecular complexity index is 1480. The fourth-order valence-corrected chi connectivity index (χ4v) is 9.62. The molecule has 0 rings (SSSR count). The van der Waals surface area contributed by atoms with Gasteiger partial charge < -0.3 is 14.2 Å². The fraction of sp³-hybridized carbons (Fsp3) is 0.764. The van der Waals surface area contributed by atoms with Crippen LogP contribution in [0.3, 0.4) is 0 Å². The van der Waals surface area contributed by atoms with Gasteiger partial charge in [-0.2, -0.15) is 0 Å². The second-order valence-electron chi connectivity index (χ2n) is 22.4. The summed E-state index contributed by atoms with van der Waals surface area (Å²) in [6.45, 7) is 6.53. The number of carbonyl (C=O) groups is 3. The van der Waals surface area contributed by atoms with Crippen molar-refractivity contribution in [1.29, 1.82) is 0 Å². The van der Waals surface area contributed by atoms with Gasteiger partial charge in [0.2, 0.25) is 0 Å². The zero-order valence-corrected chi connectivity index (χ0v) is 51.7. The van der Waals surface area contributed by atoms with Crippen LogP contribution in [0.25, 0.3) is 0 Å². The molecule has 0 saturated carbocycles. The van der Waals surface area contributed by atoms with E-state index in [0.29, 0.717) is 19.3 Å².